The Balaban J connectivity index is 3.17. The van der Waals surface area contributed by atoms with Crippen LogP contribution in [0.15, 0.2) is 23.1 Å². The molecule has 1 aromatic rings. The summed E-state index contributed by atoms with van der Waals surface area (Å²) in [5, 5.41) is 8.43. The van der Waals surface area contributed by atoms with E-state index in [4.69, 9.17) is 9.84 Å². The van der Waals surface area contributed by atoms with Gasteiger partial charge in [0.2, 0.25) is 0 Å². The van der Waals surface area contributed by atoms with E-state index in [1.165, 1.54) is 6.92 Å². The zero-order valence-corrected chi connectivity index (χ0v) is 9.83. The van der Waals surface area contributed by atoms with Gasteiger partial charge in [0.15, 0.2) is 16.4 Å². The topological polar surface area (TPSA) is 80.7 Å². The Bertz CT molecular complexity index is 523. The van der Waals surface area contributed by atoms with Crippen molar-refractivity contribution in [2.75, 3.05) is 12.4 Å². The number of halogens is 1. The van der Waals surface area contributed by atoms with Crippen LogP contribution in [-0.4, -0.2) is 31.9 Å². The summed E-state index contributed by atoms with van der Waals surface area (Å²) in [6, 6.07) is 2.92. The van der Waals surface area contributed by atoms with Crippen LogP contribution in [0.3, 0.4) is 0 Å². The molecule has 1 rings (SSSR count). The van der Waals surface area contributed by atoms with Crippen LogP contribution in [0.4, 0.5) is 4.39 Å². The fraction of sp³-hybridized carbons (Fsp3) is 0.300. The predicted molar refractivity (Wildman–Crippen MR) is 57.3 cm³/mol. The summed E-state index contributed by atoms with van der Waals surface area (Å²) in [7, 11) is -3.66. The highest BCUT2D eigenvalue weighted by atomic mass is 32.2. The summed E-state index contributed by atoms with van der Waals surface area (Å²) in [5.41, 5.74) is 0. The molecule has 0 aliphatic rings. The van der Waals surface area contributed by atoms with E-state index in [-0.39, 0.29) is 16.4 Å². The van der Waals surface area contributed by atoms with Gasteiger partial charge in [-0.3, -0.25) is 0 Å². The summed E-state index contributed by atoms with van der Waals surface area (Å²) in [4.78, 5) is 9.99. The van der Waals surface area contributed by atoms with E-state index in [0.717, 1.165) is 18.2 Å². The van der Waals surface area contributed by atoms with Crippen molar-refractivity contribution in [2.45, 2.75) is 11.8 Å². The number of carboxylic acid groups (broad SMARTS) is 1. The van der Waals surface area contributed by atoms with Crippen molar-refractivity contribution < 1.29 is 27.4 Å². The number of rotatable bonds is 5. The highest BCUT2D eigenvalue weighted by molar-refractivity contribution is 7.91. The number of ether oxygens (including phenoxy) is 1. The molecule has 94 valence electrons. The average molecular weight is 262 g/mol. The van der Waals surface area contributed by atoms with Crippen LogP contribution in [0.1, 0.15) is 6.92 Å². The van der Waals surface area contributed by atoms with Gasteiger partial charge in [-0.25, -0.2) is 17.6 Å². The molecular weight excluding hydrogens is 251 g/mol. The Morgan fingerprint density at radius 1 is 1.47 bits per heavy atom. The Labute approximate surface area is 97.8 Å². The van der Waals surface area contributed by atoms with Crippen molar-refractivity contribution in [2.24, 2.45) is 0 Å². The lowest BCUT2D eigenvalue weighted by Crippen LogP contribution is -2.13. The molecule has 0 atom stereocenters. The molecule has 0 fully saturated rings. The second-order valence-corrected chi connectivity index (χ2v) is 5.42. The molecule has 0 aliphatic carbocycles. The van der Waals surface area contributed by atoms with Gasteiger partial charge in [-0.2, -0.15) is 0 Å². The van der Waals surface area contributed by atoms with Crippen LogP contribution in [0.2, 0.25) is 0 Å². The Kier molecular flexibility index (Phi) is 4.06. The maximum Gasteiger partial charge on any atom is 0.341 e. The van der Waals surface area contributed by atoms with Gasteiger partial charge >= 0.3 is 5.97 Å². The van der Waals surface area contributed by atoms with Crippen molar-refractivity contribution in [3.05, 3.63) is 24.0 Å². The molecule has 1 N–H and O–H groups in total. The van der Waals surface area contributed by atoms with Crippen LogP contribution in [-0.2, 0) is 14.6 Å². The maximum absolute atomic E-state index is 13.0. The van der Waals surface area contributed by atoms with Crippen LogP contribution >= 0.6 is 0 Å². The fourth-order valence-corrected chi connectivity index (χ4v) is 2.18. The van der Waals surface area contributed by atoms with Gasteiger partial charge in [-0.1, -0.05) is 6.92 Å². The molecule has 7 heteroatoms. The molecular formula is C10H11FO5S. The van der Waals surface area contributed by atoms with E-state index in [9.17, 15) is 17.6 Å². The Morgan fingerprint density at radius 3 is 2.65 bits per heavy atom. The van der Waals surface area contributed by atoms with Gasteiger partial charge in [0.25, 0.3) is 0 Å². The van der Waals surface area contributed by atoms with E-state index in [1.807, 2.05) is 0 Å². The first kappa shape index (κ1) is 13.4. The summed E-state index contributed by atoms with van der Waals surface area (Å²) in [6.07, 6.45) is 0. The number of carboxylic acids is 1. The number of hydrogen-bond acceptors (Lipinski definition) is 4. The van der Waals surface area contributed by atoms with Gasteiger partial charge in [-0.15, -0.1) is 0 Å². The largest absolute Gasteiger partial charge is 0.481 e. The predicted octanol–water partition coefficient (Wildman–Crippen LogP) is 1.08. The zero-order chi connectivity index (χ0) is 13.1. The van der Waals surface area contributed by atoms with Gasteiger partial charge in [0.05, 0.1) is 5.75 Å². The van der Waals surface area contributed by atoms with Crippen molar-refractivity contribution in [3.63, 3.8) is 0 Å². The average Bonchev–Trinajstić information content (AvgIpc) is 2.27. The molecule has 0 unspecified atom stereocenters. The molecule has 17 heavy (non-hydrogen) atoms. The van der Waals surface area contributed by atoms with Crippen molar-refractivity contribution in [1.82, 2.24) is 0 Å². The third kappa shape index (κ3) is 3.42. The second kappa shape index (κ2) is 5.13. The minimum Gasteiger partial charge on any atom is -0.481 e. The first-order chi connectivity index (χ1) is 7.86. The zero-order valence-electron chi connectivity index (χ0n) is 9.01. The normalized spacial score (nSPS) is 11.2. The monoisotopic (exact) mass is 262 g/mol. The summed E-state index contributed by atoms with van der Waals surface area (Å²) < 4.78 is 41.0. The number of sulfone groups is 1. The number of benzene rings is 1. The fourth-order valence-electron chi connectivity index (χ4n) is 1.14. The third-order valence-corrected chi connectivity index (χ3v) is 3.72. The molecule has 0 bridgehead atoms. The van der Waals surface area contributed by atoms with E-state index in [1.54, 1.807) is 0 Å². The lowest BCUT2D eigenvalue weighted by atomic mass is 10.3. The highest BCUT2D eigenvalue weighted by Gasteiger charge is 2.19. The summed E-state index contributed by atoms with van der Waals surface area (Å²) in [6.45, 7) is 0.721. The van der Waals surface area contributed by atoms with Crippen molar-refractivity contribution >= 4 is 15.8 Å². The van der Waals surface area contributed by atoms with Gasteiger partial charge in [-0.05, 0) is 18.2 Å². The van der Waals surface area contributed by atoms with Gasteiger partial charge < -0.3 is 9.84 Å². The molecule has 1 aromatic carbocycles. The quantitative estimate of drug-likeness (QED) is 0.858. The first-order valence-corrected chi connectivity index (χ1v) is 6.39. The molecule has 0 amide bonds. The molecule has 0 aromatic heterocycles. The number of carbonyl (C=O) groups is 1. The van der Waals surface area contributed by atoms with E-state index in [0.29, 0.717) is 0 Å². The van der Waals surface area contributed by atoms with E-state index < -0.39 is 28.2 Å². The number of aliphatic carboxylic acids is 1. The van der Waals surface area contributed by atoms with Crippen LogP contribution in [0.25, 0.3) is 0 Å². The van der Waals surface area contributed by atoms with Gasteiger partial charge in [0, 0.05) is 0 Å². The van der Waals surface area contributed by atoms with Crippen molar-refractivity contribution in [1.29, 1.82) is 0 Å². The smallest absolute Gasteiger partial charge is 0.341 e. The van der Waals surface area contributed by atoms with Crippen LogP contribution in [0, 0.1) is 5.82 Å². The molecule has 0 radical (unpaired) electrons. The standard InChI is InChI=1S/C10H11FO5S/c1-2-17(14,15)9-5-7(11)3-4-8(9)16-6-10(12)13/h3-5H,2,6H2,1H3,(H,12,13). The second-order valence-electron chi connectivity index (χ2n) is 3.18. The minimum atomic E-state index is -3.66. The minimum absolute atomic E-state index is 0.157. The van der Waals surface area contributed by atoms with Crippen LogP contribution in [0.5, 0.6) is 5.75 Å². The lowest BCUT2D eigenvalue weighted by Gasteiger charge is -2.09. The number of hydrogen-bond donors (Lipinski definition) is 1. The molecule has 0 saturated carbocycles. The van der Waals surface area contributed by atoms with E-state index in [2.05, 4.69) is 0 Å². The lowest BCUT2D eigenvalue weighted by molar-refractivity contribution is -0.139. The molecule has 0 spiro atoms. The van der Waals surface area contributed by atoms with Gasteiger partial charge in [0.1, 0.15) is 16.5 Å². The maximum atomic E-state index is 13.0. The summed E-state index contributed by atoms with van der Waals surface area (Å²) in [5.74, 6) is -2.34. The molecule has 0 heterocycles. The Morgan fingerprint density at radius 2 is 2.12 bits per heavy atom. The molecule has 5 nitrogen and oxygen atoms in total. The first-order valence-electron chi connectivity index (χ1n) is 4.73. The molecule has 0 aliphatic heterocycles. The van der Waals surface area contributed by atoms with Crippen molar-refractivity contribution in [3.8, 4) is 5.75 Å². The Hall–Kier alpha value is -1.63. The third-order valence-electron chi connectivity index (χ3n) is 1.97. The molecule has 0 saturated heterocycles. The highest BCUT2D eigenvalue weighted by Crippen LogP contribution is 2.25. The van der Waals surface area contributed by atoms with Crippen LogP contribution < -0.4 is 4.74 Å². The van der Waals surface area contributed by atoms with E-state index >= 15 is 0 Å². The summed E-state index contributed by atoms with van der Waals surface area (Å²) >= 11 is 0. The SMILES string of the molecule is CCS(=O)(=O)c1cc(F)ccc1OCC(=O)O.